The molecule has 1 aliphatic carbocycles. The fourth-order valence-corrected chi connectivity index (χ4v) is 4.24. The lowest BCUT2D eigenvalue weighted by molar-refractivity contribution is 0.0828. The van der Waals surface area contributed by atoms with Gasteiger partial charge in [-0.2, -0.15) is 0 Å². The van der Waals surface area contributed by atoms with Crippen molar-refractivity contribution >= 4 is 33.2 Å². The summed E-state index contributed by atoms with van der Waals surface area (Å²) in [4.78, 5) is 13.9. The van der Waals surface area contributed by atoms with E-state index in [2.05, 4.69) is 4.72 Å². The van der Waals surface area contributed by atoms with E-state index < -0.39 is 10.0 Å². The molecule has 0 radical (unpaired) electrons. The van der Waals surface area contributed by atoms with Crippen LogP contribution in [0.3, 0.4) is 0 Å². The van der Waals surface area contributed by atoms with Crippen LogP contribution in [0.4, 0.5) is 5.69 Å². The van der Waals surface area contributed by atoms with Crippen molar-refractivity contribution in [1.82, 2.24) is 4.90 Å². The summed E-state index contributed by atoms with van der Waals surface area (Å²) in [6.45, 7) is 0. The maximum absolute atomic E-state index is 12.8. The first-order valence-corrected chi connectivity index (χ1v) is 9.80. The molecule has 0 saturated carbocycles. The van der Waals surface area contributed by atoms with Gasteiger partial charge >= 0.3 is 0 Å². The summed E-state index contributed by atoms with van der Waals surface area (Å²) in [5, 5.41) is 0.349. The summed E-state index contributed by atoms with van der Waals surface area (Å²) in [6, 6.07) is 9.70. The molecule has 0 saturated heterocycles. The number of amides is 1. The lowest BCUT2D eigenvalue weighted by Gasteiger charge is -2.16. The first kappa shape index (κ1) is 17.8. The van der Waals surface area contributed by atoms with Gasteiger partial charge in [0.2, 0.25) is 0 Å². The second kappa shape index (κ2) is 6.69. The molecule has 2 aromatic carbocycles. The first-order chi connectivity index (χ1) is 11.8. The molecule has 0 fully saturated rings. The van der Waals surface area contributed by atoms with Gasteiger partial charge in [0.25, 0.3) is 15.9 Å². The maximum Gasteiger partial charge on any atom is 0.261 e. The lowest BCUT2D eigenvalue weighted by atomic mass is 10.1. The average molecular weight is 379 g/mol. The van der Waals surface area contributed by atoms with Crippen molar-refractivity contribution in [3.8, 4) is 0 Å². The highest BCUT2D eigenvalue weighted by Gasteiger charge is 2.22. The highest BCUT2D eigenvalue weighted by Crippen LogP contribution is 2.28. The molecule has 0 bridgehead atoms. The van der Waals surface area contributed by atoms with Gasteiger partial charge in [-0.25, -0.2) is 8.42 Å². The monoisotopic (exact) mass is 378 g/mol. The first-order valence-electron chi connectivity index (χ1n) is 7.94. The zero-order valence-corrected chi connectivity index (χ0v) is 15.6. The molecule has 0 aliphatic heterocycles. The summed E-state index contributed by atoms with van der Waals surface area (Å²) in [7, 11) is -0.599. The number of nitrogens with one attached hydrogen (secondary N) is 1. The summed E-state index contributed by atoms with van der Waals surface area (Å²) in [6.07, 6.45) is 2.92. The third-order valence-corrected chi connectivity index (χ3v) is 5.84. The van der Waals surface area contributed by atoms with Crippen LogP contribution in [0.1, 0.15) is 27.9 Å². The van der Waals surface area contributed by atoms with Crippen LogP contribution in [0, 0.1) is 0 Å². The van der Waals surface area contributed by atoms with Crippen molar-refractivity contribution < 1.29 is 13.2 Å². The molecular weight excluding hydrogens is 360 g/mol. The predicted molar refractivity (Wildman–Crippen MR) is 98.7 cm³/mol. The number of aryl methyl sites for hydroxylation is 2. The van der Waals surface area contributed by atoms with E-state index in [1.807, 2.05) is 6.07 Å². The molecule has 1 amide bonds. The molecule has 0 unspecified atom stereocenters. The summed E-state index contributed by atoms with van der Waals surface area (Å²) < 4.78 is 28.1. The zero-order valence-electron chi connectivity index (χ0n) is 14.0. The quantitative estimate of drug-likeness (QED) is 0.887. The largest absolute Gasteiger partial charge is 0.345 e. The smallest absolute Gasteiger partial charge is 0.261 e. The standard InChI is InChI=1S/C18H19ClN2O3S/c1-21(2)18(22)16-9-7-14(19)11-17(16)20-25(23,24)15-8-6-12-4-3-5-13(12)10-15/h6-11,20H,3-5H2,1-2H3. The summed E-state index contributed by atoms with van der Waals surface area (Å²) in [5.74, 6) is -0.302. The summed E-state index contributed by atoms with van der Waals surface area (Å²) in [5.41, 5.74) is 2.69. The van der Waals surface area contributed by atoms with Crippen LogP contribution in [-0.2, 0) is 22.9 Å². The van der Waals surface area contributed by atoms with Crippen LogP contribution in [-0.4, -0.2) is 33.3 Å². The molecule has 2 aromatic rings. The van der Waals surface area contributed by atoms with E-state index in [4.69, 9.17) is 11.6 Å². The van der Waals surface area contributed by atoms with E-state index >= 15 is 0 Å². The fourth-order valence-electron chi connectivity index (χ4n) is 2.95. The van der Waals surface area contributed by atoms with Gasteiger partial charge in [-0.3, -0.25) is 9.52 Å². The zero-order chi connectivity index (χ0) is 18.2. The average Bonchev–Trinajstić information content (AvgIpc) is 3.01. The Kier molecular flexibility index (Phi) is 4.75. The topological polar surface area (TPSA) is 66.5 Å². The molecule has 0 aromatic heterocycles. The van der Waals surface area contributed by atoms with E-state index in [1.165, 1.54) is 22.6 Å². The van der Waals surface area contributed by atoms with Gasteiger partial charge in [0.05, 0.1) is 16.1 Å². The van der Waals surface area contributed by atoms with Crippen molar-refractivity contribution in [2.45, 2.75) is 24.2 Å². The van der Waals surface area contributed by atoms with Crippen LogP contribution in [0.2, 0.25) is 5.02 Å². The minimum Gasteiger partial charge on any atom is -0.345 e. The number of nitrogens with zero attached hydrogens (tertiary/aromatic N) is 1. The molecule has 0 atom stereocenters. The van der Waals surface area contributed by atoms with E-state index in [0.717, 1.165) is 24.8 Å². The van der Waals surface area contributed by atoms with Gasteiger partial charge in [0.15, 0.2) is 0 Å². The highest BCUT2D eigenvalue weighted by molar-refractivity contribution is 7.92. The van der Waals surface area contributed by atoms with Crippen molar-refractivity contribution in [2.24, 2.45) is 0 Å². The normalized spacial score (nSPS) is 13.4. The molecule has 0 spiro atoms. The van der Waals surface area contributed by atoms with Gasteiger partial charge in [0.1, 0.15) is 0 Å². The van der Waals surface area contributed by atoms with Gasteiger partial charge in [0, 0.05) is 19.1 Å². The van der Waals surface area contributed by atoms with Gasteiger partial charge in [-0.1, -0.05) is 17.7 Å². The molecule has 0 heterocycles. The number of sulfonamides is 1. The SMILES string of the molecule is CN(C)C(=O)c1ccc(Cl)cc1NS(=O)(=O)c1ccc2c(c1)CCC2. The van der Waals surface area contributed by atoms with Crippen molar-refractivity contribution in [3.63, 3.8) is 0 Å². The van der Waals surface area contributed by atoms with Crippen molar-refractivity contribution in [3.05, 3.63) is 58.1 Å². The van der Waals surface area contributed by atoms with Crippen LogP contribution < -0.4 is 4.72 Å². The van der Waals surface area contributed by atoms with E-state index in [9.17, 15) is 13.2 Å². The van der Waals surface area contributed by atoms with E-state index in [-0.39, 0.29) is 22.1 Å². The third kappa shape index (κ3) is 3.65. The molecule has 3 rings (SSSR count). The number of benzene rings is 2. The van der Waals surface area contributed by atoms with Gasteiger partial charge in [-0.05, 0) is 60.7 Å². The second-order valence-electron chi connectivity index (χ2n) is 6.28. The van der Waals surface area contributed by atoms with E-state index in [1.54, 1.807) is 32.3 Å². The van der Waals surface area contributed by atoms with Crippen LogP contribution >= 0.6 is 11.6 Å². The number of hydrogen-bond donors (Lipinski definition) is 1. The second-order valence-corrected chi connectivity index (χ2v) is 8.40. The molecule has 25 heavy (non-hydrogen) atoms. The molecule has 1 N–H and O–H groups in total. The third-order valence-electron chi connectivity index (χ3n) is 4.24. The number of carbonyl (C=O) groups excluding carboxylic acids is 1. The maximum atomic E-state index is 12.8. The Morgan fingerprint density at radius 3 is 2.52 bits per heavy atom. The number of halogens is 1. The Balaban J connectivity index is 1.98. The Labute approximate surface area is 152 Å². The molecule has 132 valence electrons. The number of fused-ring (bicyclic) bond motifs is 1. The number of hydrogen-bond acceptors (Lipinski definition) is 3. The van der Waals surface area contributed by atoms with E-state index in [0.29, 0.717) is 5.02 Å². The lowest BCUT2D eigenvalue weighted by Crippen LogP contribution is -2.24. The number of anilines is 1. The molecule has 1 aliphatic rings. The Hall–Kier alpha value is -2.05. The number of rotatable bonds is 4. The Bertz CT molecular complexity index is 939. The predicted octanol–water partition coefficient (Wildman–Crippen LogP) is 3.33. The summed E-state index contributed by atoms with van der Waals surface area (Å²) >= 11 is 5.99. The van der Waals surface area contributed by atoms with Crippen LogP contribution in [0.5, 0.6) is 0 Å². The minimum atomic E-state index is -3.81. The number of carbonyl (C=O) groups is 1. The van der Waals surface area contributed by atoms with Crippen molar-refractivity contribution in [2.75, 3.05) is 18.8 Å². The van der Waals surface area contributed by atoms with Crippen LogP contribution in [0.15, 0.2) is 41.3 Å². The minimum absolute atomic E-state index is 0.173. The molecular formula is C18H19ClN2O3S. The van der Waals surface area contributed by atoms with Gasteiger partial charge < -0.3 is 4.90 Å². The van der Waals surface area contributed by atoms with Crippen LogP contribution in [0.25, 0.3) is 0 Å². The Morgan fingerprint density at radius 2 is 1.80 bits per heavy atom. The van der Waals surface area contributed by atoms with Gasteiger partial charge in [-0.15, -0.1) is 0 Å². The molecule has 7 heteroatoms. The van der Waals surface area contributed by atoms with Crippen molar-refractivity contribution in [1.29, 1.82) is 0 Å². The fraction of sp³-hybridized carbons (Fsp3) is 0.278. The Morgan fingerprint density at radius 1 is 1.08 bits per heavy atom. The molecule has 5 nitrogen and oxygen atoms in total. The highest BCUT2D eigenvalue weighted by atomic mass is 35.5.